The highest BCUT2D eigenvalue weighted by Gasteiger charge is 2.34. The Hall–Kier alpha value is -3.63. The summed E-state index contributed by atoms with van der Waals surface area (Å²) < 4.78 is 44.7. The summed E-state index contributed by atoms with van der Waals surface area (Å²) in [6.07, 6.45) is -1.91. The Morgan fingerprint density at radius 1 is 1.22 bits per heavy atom. The van der Waals surface area contributed by atoms with E-state index in [4.69, 9.17) is 10.5 Å². The number of carbonyl (C=O) groups excluding carboxylic acids is 3. The van der Waals surface area contributed by atoms with Crippen LogP contribution in [0.25, 0.3) is 0 Å². The van der Waals surface area contributed by atoms with Crippen LogP contribution >= 0.6 is 0 Å². The van der Waals surface area contributed by atoms with E-state index in [2.05, 4.69) is 10.3 Å². The number of nitrogens with one attached hydrogen (secondary N) is 1. The van der Waals surface area contributed by atoms with Gasteiger partial charge in [-0.25, -0.2) is 4.98 Å². The average molecular weight is 450 g/mol. The molecule has 8 nitrogen and oxygen atoms in total. The number of amides is 3. The number of pyridine rings is 1. The minimum atomic E-state index is -4.55. The Balaban J connectivity index is 1.70. The average Bonchev–Trinajstić information content (AvgIpc) is 3.23. The molecule has 0 aliphatic carbocycles. The number of aromatic nitrogens is 1. The van der Waals surface area contributed by atoms with E-state index in [1.165, 1.54) is 29.3 Å². The molecule has 32 heavy (non-hydrogen) atoms. The van der Waals surface area contributed by atoms with Crippen molar-refractivity contribution >= 4 is 17.7 Å². The van der Waals surface area contributed by atoms with Gasteiger partial charge in [0.15, 0.2) is 11.4 Å². The Bertz CT molecular complexity index is 1010. The molecule has 3 N–H and O–H groups in total. The molecule has 2 aromatic rings. The quantitative estimate of drug-likeness (QED) is 0.670. The summed E-state index contributed by atoms with van der Waals surface area (Å²) in [7, 11) is 0. The van der Waals surface area contributed by atoms with Crippen LogP contribution in [0.5, 0.6) is 5.75 Å². The number of rotatable bonds is 7. The number of nitrogens with two attached hydrogens (primary N) is 1. The monoisotopic (exact) mass is 450 g/mol. The van der Waals surface area contributed by atoms with Crippen molar-refractivity contribution in [2.75, 3.05) is 19.7 Å². The molecule has 1 aromatic heterocycles. The van der Waals surface area contributed by atoms with Gasteiger partial charge in [-0.2, -0.15) is 13.2 Å². The van der Waals surface area contributed by atoms with Crippen LogP contribution in [0.3, 0.4) is 0 Å². The van der Waals surface area contributed by atoms with Crippen LogP contribution in [0, 0.1) is 0 Å². The third-order valence-electron chi connectivity index (χ3n) is 4.92. The van der Waals surface area contributed by atoms with Gasteiger partial charge in [0.1, 0.15) is 6.61 Å². The number of primary amides is 1. The van der Waals surface area contributed by atoms with Gasteiger partial charge in [-0.1, -0.05) is 6.07 Å². The first-order valence-electron chi connectivity index (χ1n) is 9.79. The van der Waals surface area contributed by atoms with Gasteiger partial charge in [0.05, 0.1) is 18.2 Å². The Labute approximate surface area is 181 Å². The van der Waals surface area contributed by atoms with E-state index in [1.807, 2.05) is 0 Å². The lowest BCUT2D eigenvalue weighted by Crippen LogP contribution is -2.39. The minimum Gasteiger partial charge on any atom is -0.489 e. The number of carbonyl (C=O) groups is 3. The van der Waals surface area contributed by atoms with Crippen molar-refractivity contribution in [1.82, 2.24) is 15.2 Å². The largest absolute Gasteiger partial charge is 0.489 e. The summed E-state index contributed by atoms with van der Waals surface area (Å²) in [6.45, 7) is 0.0331. The van der Waals surface area contributed by atoms with Crippen molar-refractivity contribution in [3.63, 3.8) is 0 Å². The molecule has 1 aliphatic rings. The molecular formula is C21H21F3N4O4. The van der Waals surface area contributed by atoms with Crippen molar-refractivity contribution in [1.29, 1.82) is 0 Å². The van der Waals surface area contributed by atoms with Crippen LogP contribution < -0.4 is 15.8 Å². The molecule has 0 radical (unpaired) electrons. The van der Waals surface area contributed by atoms with Crippen LogP contribution in [-0.4, -0.2) is 53.3 Å². The number of benzene rings is 1. The maximum Gasteiger partial charge on any atom is 0.416 e. The van der Waals surface area contributed by atoms with Crippen molar-refractivity contribution < 1.29 is 32.3 Å². The topological polar surface area (TPSA) is 115 Å². The van der Waals surface area contributed by atoms with Gasteiger partial charge in [-0.15, -0.1) is 0 Å². The lowest BCUT2D eigenvalue weighted by atomic mass is 10.1. The third-order valence-corrected chi connectivity index (χ3v) is 4.92. The van der Waals surface area contributed by atoms with E-state index < -0.39 is 35.5 Å². The maximum atomic E-state index is 13.0. The molecule has 3 amide bonds. The fourth-order valence-electron chi connectivity index (χ4n) is 3.39. The summed E-state index contributed by atoms with van der Waals surface area (Å²) in [6, 6.07) is 6.97. The predicted molar refractivity (Wildman–Crippen MR) is 107 cm³/mol. The molecule has 1 aromatic carbocycles. The zero-order valence-electron chi connectivity index (χ0n) is 16.9. The molecule has 2 heterocycles. The molecule has 1 atom stereocenters. The second kappa shape index (κ2) is 9.67. The smallest absolute Gasteiger partial charge is 0.416 e. The van der Waals surface area contributed by atoms with Crippen LogP contribution in [0.4, 0.5) is 13.2 Å². The van der Waals surface area contributed by atoms with Gasteiger partial charge in [0, 0.05) is 18.3 Å². The highest BCUT2D eigenvalue weighted by molar-refractivity contribution is 5.97. The molecule has 0 spiro atoms. The zero-order valence-corrected chi connectivity index (χ0v) is 16.9. The molecule has 3 rings (SSSR count). The number of ether oxygens (including phenoxy) is 1. The zero-order chi connectivity index (χ0) is 23.3. The van der Waals surface area contributed by atoms with Gasteiger partial charge < -0.3 is 20.7 Å². The highest BCUT2D eigenvalue weighted by atomic mass is 19.4. The van der Waals surface area contributed by atoms with E-state index in [-0.39, 0.29) is 30.2 Å². The molecule has 1 fully saturated rings. The van der Waals surface area contributed by atoms with Gasteiger partial charge in [0.25, 0.3) is 11.8 Å². The number of halogens is 3. The van der Waals surface area contributed by atoms with Crippen LogP contribution in [0.2, 0.25) is 0 Å². The number of nitrogens with zero attached hydrogens (tertiary/aromatic N) is 2. The normalized spacial score (nSPS) is 16.0. The first-order valence-corrected chi connectivity index (χ1v) is 9.79. The summed E-state index contributed by atoms with van der Waals surface area (Å²) in [4.78, 5) is 41.4. The Kier molecular flexibility index (Phi) is 6.96. The number of hydrogen-bond acceptors (Lipinski definition) is 5. The first kappa shape index (κ1) is 23.0. The molecular weight excluding hydrogens is 429 g/mol. The molecule has 170 valence electrons. The van der Waals surface area contributed by atoms with Crippen LogP contribution in [-0.2, 0) is 11.0 Å². The summed E-state index contributed by atoms with van der Waals surface area (Å²) >= 11 is 0. The van der Waals surface area contributed by atoms with Gasteiger partial charge >= 0.3 is 6.18 Å². The predicted octanol–water partition coefficient (Wildman–Crippen LogP) is 2.00. The fraction of sp³-hybridized carbons (Fsp3) is 0.333. The van der Waals surface area contributed by atoms with E-state index in [0.29, 0.717) is 19.4 Å². The van der Waals surface area contributed by atoms with E-state index in [0.717, 1.165) is 12.1 Å². The van der Waals surface area contributed by atoms with Crippen molar-refractivity contribution in [3.05, 3.63) is 59.4 Å². The lowest BCUT2D eigenvalue weighted by molar-refractivity contribution is -0.137. The summed E-state index contributed by atoms with van der Waals surface area (Å²) in [5, 5.41) is 2.32. The number of alkyl halides is 3. The molecule has 1 saturated heterocycles. The van der Waals surface area contributed by atoms with Gasteiger partial charge in [-0.05, 0) is 43.2 Å². The third kappa shape index (κ3) is 5.54. The van der Waals surface area contributed by atoms with E-state index in [1.54, 1.807) is 6.07 Å². The molecule has 0 bridgehead atoms. The van der Waals surface area contributed by atoms with Crippen molar-refractivity contribution in [3.8, 4) is 5.75 Å². The maximum absolute atomic E-state index is 13.0. The molecule has 1 aliphatic heterocycles. The van der Waals surface area contributed by atoms with Gasteiger partial charge in [0.2, 0.25) is 5.91 Å². The molecule has 11 heteroatoms. The number of likely N-dealkylation sites (tertiary alicyclic amines) is 1. The first-order chi connectivity index (χ1) is 15.2. The standard InChI is InChI=1S/C21H21F3N4O4/c22-21(23,24)14-5-1-4-13(10-14)20(31)28-9-3-6-15(28)12-32-16-7-2-8-26-18(16)19(30)27-11-17(25)29/h1-2,4-5,7-8,10,15H,3,6,9,11-12H2,(H2,25,29)(H,27,30). The van der Waals surface area contributed by atoms with Gasteiger partial charge in [-0.3, -0.25) is 14.4 Å². The van der Waals surface area contributed by atoms with E-state index >= 15 is 0 Å². The lowest BCUT2D eigenvalue weighted by Gasteiger charge is -2.25. The SMILES string of the molecule is NC(=O)CNC(=O)c1ncccc1OCC1CCCN1C(=O)c1cccc(C(F)(F)F)c1. The molecule has 1 unspecified atom stereocenters. The fourth-order valence-corrected chi connectivity index (χ4v) is 3.39. The highest BCUT2D eigenvalue weighted by Crippen LogP contribution is 2.30. The Morgan fingerprint density at radius 3 is 2.72 bits per heavy atom. The Morgan fingerprint density at radius 2 is 2.00 bits per heavy atom. The molecule has 0 saturated carbocycles. The second-order valence-corrected chi connectivity index (χ2v) is 7.18. The van der Waals surface area contributed by atoms with Crippen molar-refractivity contribution in [2.45, 2.75) is 25.1 Å². The number of hydrogen-bond donors (Lipinski definition) is 2. The van der Waals surface area contributed by atoms with Crippen LogP contribution in [0.1, 0.15) is 39.3 Å². The van der Waals surface area contributed by atoms with Crippen LogP contribution in [0.15, 0.2) is 42.6 Å². The minimum absolute atomic E-state index is 0.0203. The van der Waals surface area contributed by atoms with Crippen molar-refractivity contribution in [2.24, 2.45) is 5.73 Å². The van der Waals surface area contributed by atoms with E-state index in [9.17, 15) is 27.6 Å². The summed E-state index contributed by atoms with van der Waals surface area (Å²) in [5.74, 6) is -1.74. The summed E-state index contributed by atoms with van der Waals surface area (Å²) in [5.41, 5.74) is 4.02. The second-order valence-electron chi connectivity index (χ2n) is 7.18.